The zero-order chi connectivity index (χ0) is 8.36. The van der Waals surface area contributed by atoms with E-state index in [1.165, 1.54) is 32.1 Å². The third-order valence-corrected chi connectivity index (χ3v) is 2.08. The minimum absolute atomic E-state index is 0.883. The molecule has 0 rings (SSSR count). The summed E-state index contributed by atoms with van der Waals surface area (Å²) in [6.07, 6.45) is 12.4. The molecule has 1 nitrogen and oxygen atoms in total. The van der Waals surface area contributed by atoms with Crippen LogP contribution in [0.3, 0.4) is 0 Å². The normalized spacial score (nSPS) is 9.73. The molecule has 0 bridgehead atoms. The summed E-state index contributed by atoms with van der Waals surface area (Å²) in [5.74, 6) is 2.65. The van der Waals surface area contributed by atoms with Gasteiger partial charge in [-0.1, -0.05) is 19.3 Å². The molecule has 0 heterocycles. The van der Waals surface area contributed by atoms with E-state index in [4.69, 9.17) is 10.8 Å². The second-order valence-electron chi connectivity index (χ2n) is 2.71. The van der Waals surface area contributed by atoms with E-state index in [2.05, 4.69) is 5.92 Å². The van der Waals surface area contributed by atoms with Crippen LogP contribution in [0.2, 0.25) is 0 Å². The van der Waals surface area contributed by atoms with E-state index in [9.17, 15) is 0 Å². The van der Waals surface area contributed by atoms with Crippen LogP contribution in [0.5, 0.6) is 0 Å². The molecule has 0 radical (unpaired) electrons. The molecule has 0 fully saturated rings. The largest absolute Gasteiger partial charge is 0.428 e. The van der Waals surface area contributed by atoms with Gasteiger partial charge in [0.25, 0.3) is 0 Å². The van der Waals surface area contributed by atoms with E-state index in [1.807, 2.05) is 0 Å². The van der Waals surface area contributed by atoms with Crippen molar-refractivity contribution in [1.29, 1.82) is 0 Å². The zero-order valence-corrected chi connectivity index (χ0v) is 9.44. The predicted octanol–water partition coefficient (Wildman–Crippen LogP) is 1.26. The van der Waals surface area contributed by atoms with Gasteiger partial charge in [-0.3, -0.25) is 0 Å². The standard InChI is InChI=1S/C9H18OSi/c1-2-3-4-5-6-7-8-9-10-11/h1H,3-9H2,11H3. The van der Waals surface area contributed by atoms with Crippen LogP contribution in [0.25, 0.3) is 0 Å². The maximum absolute atomic E-state index is 5.13. The molecule has 0 aliphatic rings. The molecular weight excluding hydrogens is 152 g/mol. The highest BCUT2D eigenvalue weighted by atomic mass is 28.2. The molecule has 2 heteroatoms. The predicted molar refractivity (Wildman–Crippen MR) is 52.4 cm³/mol. The van der Waals surface area contributed by atoms with Crippen LogP contribution in [-0.2, 0) is 4.43 Å². The van der Waals surface area contributed by atoms with Gasteiger partial charge in [0.05, 0.1) is 0 Å². The number of terminal acetylenes is 1. The van der Waals surface area contributed by atoms with Crippen molar-refractivity contribution in [3.05, 3.63) is 0 Å². The van der Waals surface area contributed by atoms with Gasteiger partial charge >= 0.3 is 0 Å². The third kappa shape index (κ3) is 9.74. The van der Waals surface area contributed by atoms with E-state index < -0.39 is 0 Å². The van der Waals surface area contributed by atoms with Gasteiger partial charge in [-0.25, -0.2) is 0 Å². The number of rotatable bonds is 7. The van der Waals surface area contributed by atoms with E-state index in [1.54, 1.807) is 0 Å². The molecule has 0 saturated heterocycles. The van der Waals surface area contributed by atoms with Gasteiger partial charge in [0, 0.05) is 13.0 Å². The molecule has 0 saturated carbocycles. The highest BCUT2D eigenvalue weighted by Gasteiger charge is 1.88. The fourth-order valence-corrected chi connectivity index (χ4v) is 1.29. The van der Waals surface area contributed by atoms with Gasteiger partial charge in [0.2, 0.25) is 0 Å². The Morgan fingerprint density at radius 3 is 2.36 bits per heavy atom. The van der Waals surface area contributed by atoms with Crippen molar-refractivity contribution in [3.63, 3.8) is 0 Å². The van der Waals surface area contributed by atoms with Crippen molar-refractivity contribution >= 4 is 10.5 Å². The van der Waals surface area contributed by atoms with Gasteiger partial charge in [-0.2, -0.15) is 0 Å². The fraction of sp³-hybridized carbons (Fsp3) is 0.778. The van der Waals surface area contributed by atoms with Crippen LogP contribution in [0, 0.1) is 12.3 Å². The smallest absolute Gasteiger partial charge is 0.145 e. The van der Waals surface area contributed by atoms with Crippen LogP contribution in [0.1, 0.15) is 38.5 Å². The van der Waals surface area contributed by atoms with Gasteiger partial charge in [0.1, 0.15) is 10.5 Å². The van der Waals surface area contributed by atoms with E-state index in [0.29, 0.717) is 0 Å². The minimum atomic E-state index is 0.883. The van der Waals surface area contributed by atoms with Crippen LogP contribution in [0.4, 0.5) is 0 Å². The lowest BCUT2D eigenvalue weighted by Crippen LogP contribution is -1.89. The van der Waals surface area contributed by atoms with Crippen molar-refractivity contribution in [2.45, 2.75) is 38.5 Å². The fourth-order valence-electron chi connectivity index (χ4n) is 1.00. The quantitative estimate of drug-likeness (QED) is 0.317. The highest BCUT2D eigenvalue weighted by Crippen LogP contribution is 2.04. The minimum Gasteiger partial charge on any atom is -0.428 e. The first-order valence-electron chi connectivity index (χ1n) is 4.34. The van der Waals surface area contributed by atoms with Crippen molar-refractivity contribution in [3.8, 4) is 12.3 Å². The van der Waals surface area contributed by atoms with E-state index >= 15 is 0 Å². The van der Waals surface area contributed by atoms with Gasteiger partial charge < -0.3 is 4.43 Å². The van der Waals surface area contributed by atoms with Gasteiger partial charge in [-0.15, -0.1) is 12.3 Å². The second kappa shape index (κ2) is 9.74. The third-order valence-electron chi connectivity index (χ3n) is 1.67. The summed E-state index contributed by atoms with van der Waals surface area (Å²) in [5, 5.41) is 0. The van der Waals surface area contributed by atoms with Crippen LogP contribution in [0.15, 0.2) is 0 Å². The summed E-state index contributed by atoms with van der Waals surface area (Å²) in [7, 11) is 0.883. The molecule has 64 valence electrons. The Kier molecular flexibility index (Phi) is 9.50. The first-order valence-corrected chi connectivity index (χ1v) is 5.16. The lowest BCUT2D eigenvalue weighted by atomic mass is 10.1. The van der Waals surface area contributed by atoms with Crippen LogP contribution < -0.4 is 0 Å². The molecule has 0 atom stereocenters. The molecule has 0 aromatic heterocycles. The van der Waals surface area contributed by atoms with Gasteiger partial charge in [-0.05, 0) is 12.8 Å². The Morgan fingerprint density at radius 2 is 1.73 bits per heavy atom. The summed E-state index contributed by atoms with van der Waals surface area (Å²) in [6.45, 7) is 0.960. The summed E-state index contributed by atoms with van der Waals surface area (Å²) >= 11 is 0. The first-order chi connectivity index (χ1) is 5.41. The Morgan fingerprint density at radius 1 is 1.09 bits per heavy atom. The van der Waals surface area contributed by atoms with Crippen LogP contribution in [-0.4, -0.2) is 17.1 Å². The summed E-state index contributed by atoms with van der Waals surface area (Å²) < 4.78 is 5.08. The molecular formula is C9H18OSi. The molecule has 0 aromatic carbocycles. The lowest BCUT2D eigenvalue weighted by molar-refractivity contribution is 0.333. The molecule has 0 amide bonds. The Hall–Kier alpha value is -0.263. The zero-order valence-electron chi connectivity index (χ0n) is 7.44. The molecule has 11 heavy (non-hydrogen) atoms. The van der Waals surface area contributed by atoms with Gasteiger partial charge in [0.15, 0.2) is 0 Å². The van der Waals surface area contributed by atoms with E-state index in [0.717, 1.165) is 23.5 Å². The number of hydrogen-bond donors (Lipinski definition) is 0. The number of hydrogen-bond acceptors (Lipinski definition) is 1. The Balaban J connectivity index is 2.75. The summed E-state index contributed by atoms with van der Waals surface area (Å²) in [6, 6.07) is 0. The van der Waals surface area contributed by atoms with Crippen molar-refractivity contribution in [1.82, 2.24) is 0 Å². The topological polar surface area (TPSA) is 9.23 Å². The molecule has 0 unspecified atom stereocenters. The van der Waals surface area contributed by atoms with Crippen molar-refractivity contribution in [2.24, 2.45) is 0 Å². The Bertz CT molecular complexity index is 107. The van der Waals surface area contributed by atoms with Crippen molar-refractivity contribution in [2.75, 3.05) is 6.61 Å². The molecule has 0 aliphatic heterocycles. The highest BCUT2D eigenvalue weighted by molar-refractivity contribution is 5.97. The molecule has 0 aliphatic carbocycles. The lowest BCUT2D eigenvalue weighted by Gasteiger charge is -1.98. The van der Waals surface area contributed by atoms with Crippen molar-refractivity contribution < 1.29 is 4.43 Å². The SMILES string of the molecule is C#CCCCCCCCO[SiH3]. The maximum atomic E-state index is 5.13. The first kappa shape index (κ1) is 10.7. The number of unbranched alkanes of at least 4 members (excludes halogenated alkanes) is 5. The van der Waals surface area contributed by atoms with Crippen LogP contribution >= 0.6 is 0 Å². The summed E-state index contributed by atoms with van der Waals surface area (Å²) in [5.41, 5.74) is 0. The molecule has 0 aromatic rings. The molecule has 0 N–H and O–H groups in total. The Labute approximate surface area is 73.1 Å². The average Bonchev–Trinajstić information content (AvgIpc) is 2.03. The second-order valence-corrected chi connectivity index (χ2v) is 3.29. The average molecular weight is 170 g/mol. The molecule has 0 spiro atoms. The monoisotopic (exact) mass is 170 g/mol. The van der Waals surface area contributed by atoms with E-state index in [-0.39, 0.29) is 0 Å². The summed E-state index contributed by atoms with van der Waals surface area (Å²) in [4.78, 5) is 0. The maximum Gasteiger partial charge on any atom is 0.145 e.